The van der Waals surface area contributed by atoms with Crippen molar-refractivity contribution in [1.82, 2.24) is 24.6 Å². The highest BCUT2D eigenvalue weighted by molar-refractivity contribution is 7.55. The molecule has 2 N–H and O–H groups in total. The molecule has 230 valence electrons. The summed E-state index contributed by atoms with van der Waals surface area (Å²) in [5, 5.41) is 10.3. The summed E-state index contributed by atoms with van der Waals surface area (Å²) in [6.45, 7) is 6.81. The lowest BCUT2D eigenvalue weighted by Gasteiger charge is -2.21. The van der Waals surface area contributed by atoms with Gasteiger partial charge in [-0.3, -0.25) is 9.36 Å². The van der Waals surface area contributed by atoms with Crippen molar-refractivity contribution in [2.24, 2.45) is 0 Å². The number of hydrogen-bond donors (Lipinski definition) is 2. The van der Waals surface area contributed by atoms with Crippen LogP contribution < -0.4 is 20.1 Å². The fraction of sp³-hybridized carbons (Fsp3) is 0.276. The third kappa shape index (κ3) is 6.62. The molecule has 5 rings (SSSR count). The van der Waals surface area contributed by atoms with Gasteiger partial charge in [0.1, 0.15) is 35.7 Å². The van der Waals surface area contributed by atoms with E-state index in [4.69, 9.17) is 18.5 Å². The van der Waals surface area contributed by atoms with Gasteiger partial charge in [-0.15, -0.1) is 0 Å². The minimum Gasteiger partial charge on any atom is -0.492 e. The molecule has 1 unspecified atom stereocenters. The molecule has 0 aliphatic heterocycles. The SMILES string of the molecule is CCOc1cc2ncnc(Nc3ccc(Oc4ccn5ncnc5c4)c(C)c3)c2cc1NC(=O)C(F)P(=O)(OCC)OCC. The molecule has 13 nitrogen and oxygen atoms in total. The summed E-state index contributed by atoms with van der Waals surface area (Å²) in [6.07, 6.45) is 4.62. The zero-order valence-corrected chi connectivity index (χ0v) is 25.4. The molecule has 0 aliphatic carbocycles. The van der Waals surface area contributed by atoms with Gasteiger partial charge in [0, 0.05) is 29.4 Å². The van der Waals surface area contributed by atoms with E-state index < -0.39 is 19.4 Å². The van der Waals surface area contributed by atoms with Crippen LogP contribution in [0.4, 0.5) is 21.6 Å². The van der Waals surface area contributed by atoms with Gasteiger partial charge < -0.3 is 29.2 Å². The number of hydrogen-bond acceptors (Lipinski definition) is 11. The molecule has 5 aromatic rings. The van der Waals surface area contributed by atoms with Crippen molar-refractivity contribution < 1.29 is 32.3 Å². The Kier molecular flexibility index (Phi) is 9.33. The van der Waals surface area contributed by atoms with Gasteiger partial charge in [-0.25, -0.2) is 23.9 Å². The molecule has 1 amide bonds. The molecular formula is C29H31FN7O6P. The predicted molar refractivity (Wildman–Crippen MR) is 163 cm³/mol. The summed E-state index contributed by atoms with van der Waals surface area (Å²) in [5.41, 5.74) is 2.87. The van der Waals surface area contributed by atoms with Gasteiger partial charge in [-0.1, -0.05) is 0 Å². The summed E-state index contributed by atoms with van der Waals surface area (Å²) >= 11 is 0. The lowest BCUT2D eigenvalue weighted by Crippen LogP contribution is -2.26. The van der Waals surface area contributed by atoms with Gasteiger partial charge in [0.2, 0.25) is 0 Å². The van der Waals surface area contributed by atoms with Crippen LogP contribution in [0.2, 0.25) is 0 Å². The first kappa shape index (κ1) is 30.8. The molecule has 0 spiro atoms. The number of benzene rings is 2. The number of carbonyl (C=O) groups excluding carboxylic acids is 1. The number of rotatable bonds is 13. The first-order valence-corrected chi connectivity index (χ1v) is 15.5. The van der Waals surface area contributed by atoms with E-state index in [-0.39, 0.29) is 31.3 Å². The van der Waals surface area contributed by atoms with Crippen LogP contribution >= 0.6 is 7.60 Å². The first-order chi connectivity index (χ1) is 21.2. The smallest absolute Gasteiger partial charge is 0.374 e. The molecule has 2 aromatic carbocycles. The van der Waals surface area contributed by atoms with E-state index in [1.807, 2.05) is 25.1 Å². The molecule has 0 aliphatic rings. The summed E-state index contributed by atoms with van der Waals surface area (Å²) in [5.74, 6) is -1.82. The summed E-state index contributed by atoms with van der Waals surface area (Å²) in [4.78, 5) is 25.8. The van der Waals surface area contributed by atoms with E-state index in [0.29, 0.717) is 39.6 Å². The Hall–Kier alpha value is -4.65. The number of aryl methyl sites for hydroxylation is 1. The van der Waals surface area contributed by atoms with Gasteiger partial charge in [0.25, 0.3) is 11.8 Å². The standard InChI is InChI=1S/C29H31FN7O6P/c1-5-40-25-15-22-21(14-23(25)36-29(38)27(30)44(39,41-6-2)42-7-3)28(33-16-31-22)35-19-8-9-24(18(4)12-19)43-20-10-11-37-26(13-20)32-17-34-37/h8-17,27H,5-7H2,1-4H3,(H,36,38)(H,31,33,35). The van der Waals surface area contributed by atoms with E-state index in [1.165, 1.54) is 26.5 Å². The Labute approximate surface area is 252 Å². The number of amides is 1. The maximum Gasteiger partial charge on any atom is 0.374 e. The molecule has 0 bridgehead atoms. The highest BCUT2D eigenvalue weighted by Gasteiger charge is 2.42. The fourth-order valence-corrected chi connectivity index (χ4v) is 5.79. The minimum atomic E-state index is -4.35. The molecule has 3 heterocycles. The maximum absolute atomic E-state index is 15.1. The Morgan fingerprint density at radius 3 is 2.50 bits per heavy atom. The summed E-state index contributed by atoms with van der Waals surface area (Å²) in [7, 11) is -4.35. The topological polar surface area (TPSA) is 151 Å². The van der Waals surface area contributed by atoms with Crippen molar-refractivity contribution in [2.45, 2.75) is 33.6 Å². The van der Waals surface area contributed by atoms with E-state index in [1.54, 1.807) is 41.9 Å². The average molecular weight is 624 g/mol. The first-order valence-electron chi connectivity index (χ1n) is 13.8. The average Bonchev–Trinajstić information content (AvgIpc) is 3.47. The Morgan fingerprint density at radius 1 is 0.977 bits per heavy atom. The van der Waals surface area contributed by atoms with Crippen molar-refractivity contribution in [3.8, 4) is 17.2 Å². The monoisotopic (exact) mass is 623 g/mol. The fourth-order valence-electron chi connectivity index (χ4n) is 4.39. The van der Waals surface area contributed by atoms with Crippen LogP contribution in [0.25, 0.3) is 16.6 Å². The van der Waals surface area contributed by atoms with E-state index >= 15 is 4.39 Å². The zero-order chi connectivity index (χ0) is 31.3. The number of nitrogens with zero attached hydrogens (tertiary/aromatic N) is 5. The van der Waals surface area contributed by atoms with Gasteiger partial charge in [0.05, 0.1) is 31.0 Å². The van der Waals surface area contributed by atoms with Crippen LogP contribution in [-0.2, 0) is 18.4 Å². The van der Waals surface area contributed by atoms with Crippen molar-refractivity contribution >= 4 is 47.2 Å². The highest BCUT2D eigenvalue weighted by Crippen LogP contribution is 2.54. The Morgan fingerprint density at radius 2 is 1.77 bits per heavy atom. The van der Waals surface area contributed by atoms with Crippen LogP contribution in [0.1, 0.15) is 26.3 Å². The molecule has 0 fully saturated rings. The number of halogens is 1. The molecule has 3 aromatic heterocycles. The van der Waals surface area contributed by atoms with E-state index in [2.05, 4.69) is 30.7 Å². The maximum atomic E-state index is 15.1. The summed E-state index contributed by atoms with van der Waals surface area (Å²) in [6, 6.07) is 12.3. The number of carbonyl (C=O) groups is 1. The Bertz CT molecular complexity index is 1840. The van der Waals surface area contributed by atoms with E-state index in [9.17, 15) is 9.36 Å². The second kappa shape index (κ2) is 13.3. The number of aromatic nitrogens is 5. The number of pyridine rings is 1. The minimum absolute atomic E-state index is 0.0943. The molecule has 0 radical (unpaired) electrons. The van der Waals surface area contributed by atoms with Crippen molar-refractivity contribution in [1.29, 1.82) is 0 Å². The molecule has 0 saturated carbocycles. The normalized spacial score (nSPS) is 12.3. The van der Waals surface area contributed by atoms with Crippen molar-refractivity contribution in [2.75, 3.05) is 30.5 Å². The van der Waals surface area contributed by atoms with Gasteiger partial charge in [-0.2, -0.15) is 5.10 Å². The predicted octanol–water partition coefficient (Wildman–Crippen LogP) is 6.42. The van der Waals surface area contributed by atoms with Crippen LogP contribution in [0.5, 0.6) is 17.2 Å². The van der Waals surface area contributed by atoms with Crippen molar-refractivity contribution in [3.05, 3.63) is 66.9 Å². The largest absolute Gasteiger partial charge is 0.492 e. The third-order valence-corrected chi connectivity index (χ3v) is 8.35. The highest BCUT2D eigenvalue weighted by atomic mass is 31.2. The van der Waals surface area contributed by atoms with Gasteiger partial charge >= 0.3 is 7.60 Å². The van der Waals surface area contributed by atoms with Gasteiger partial charge in [0.15, 0.2) is 5.65 Å². The summed E-state index contributed by atoms with van der Waals surface area (Å²) < 4.78 is 51.4. The lowest BCUT2D eigenvalue weighted by molar-refractivity contribution is -0.118. The third-order valence-electron chi connectivity index (χ3n) is 6.32. The van der Waals surface area contributed by atoms with Crippen LogP contribution in [0.15, 0.2) is 61.3 Å². The van der Waals surface area contributed by atoms with Crippen molar-refractivity contribution in [3.63, 3.8) is 0 Å². The molecule has 0 saturated heterocycles. The van der Waals surface area contributed by atoms with Gasteiger partial charge in [-0.05, 0) is 63.6 Å². The molecule has 1 atom stereocenters. The number of anilines is 3. The lowest BCUT2D eigenvalue weighted by atomic mass is 10.1. The number of alkyl halides is 1. The van der Waals surface area contributed by atoms with Crippen LogP contribution in [0, 0.1) is 6.92 Å². The second-order valence-corrected chi connectivity index (χ2v) is 11.4. The zero-order valence-electron chi connectivity index (χ0n) is 24.5. The number of fused-ring (bicyclic) bond motifs is 2. The molecule has 44 heavy (non-hydrogen) atoms. The molecule has 15 heteroatoms. The van der Waals surface area contributed by atoms with Crippen LogP contribution in [0.3, 0.4) is 0 Å². The number of nitrogens with one attached hydrogen (secondary N) is 2. The number of ether oxygens (including phenoxy) is 2. The second-order valence-electron chi connectivity index (χ2n) is 9.35. The van der Waals surface area contributed by atoms with E-state index in [0.717, 1.165) is 5.56 Å². The quantitative estimate of drug-likeness (QED) is 0.140. The Balaban J connectivity index is 1.41. The molecular weight excluding hydrogens is 592 g/mol. The van der Waals surface area contributed by atoms with Crippen LogP contribution in [-0.4, -0.2) is 56.2 Å².